The molecule has 3 heterocycles. The fraction of sp³-hybridized carbons (Fsp3) is 0.400. The molecule has 0 radical (unpaired) electrons. The molecule has 0 atom stereocenters. The van der Waals surface area contributed by atoms with E-state index in [4.69, 9.17) is 4.98 Å². The zero-order valence-corrected chi connectivity index (χ0v) is 14.6. The fourth-order valence-electron chi connectivity index (χ4n) is 3.71. The molecule has 3 aromatic rings. The summed E-state index contributed by atoms with van der Waals surface area (Å²) in [5, 5.41) is 0. The van der Waals surface area contributed by atoms with Crippen LogP contribution in [0.25, 0.3) is 11.0 Å². The van der Waals surface area contributed by atoms with Gasteiger partial charge in [0.05, 0.1) is 17.6 Å². The molecule has 2 aromatic heterocycles. The van der Waals surface area contributed by atoms with E-state index >= 15 is 0 Å². The van der Waals surface area contributed by atoms with Crippen molar-refractivity contribution in [1.29, 1.82) is 0 Å². The third-order valence-electron chi connectivity index (χ3n) is 5.14. The highest BCUT2D eigenvalue weighted by atomic mass is 16.1. The second-order valence-electron chi connectivity index (χ2n) is 7.19. The second kappa shape index (κ2) is 6.84. The molecule has 0 amide bonds. The molecule has 5 heteroatoms. The number of aromatic amines is 2. The molecule has 1 aliphatic rings. The summed E-state index contributed by atoms with van der Waals surface area (Å²) in [4.78, 5) is 24.6. The number of rotatable bonds is 4. The quantitative estimate of drug-likeness (QED) is 0.770. The van der Waals surface area contributed by atoms with Gasteiger partial charge in [0.2, 0.25) is 5.56 Å². The van der Waals surface area contributed by atoms with Gasteiger partial charge in [0.1, 0.15) is 5.82 Å². The summed E-state index contributed by atoms with van der Waals surface area (Å²) in [6.07, 6.45) is 5.29. The van der Waals surface area contributed by atoms with Gasteiger partial charge >= 0.3 is 0 Å². The Kier molecular flexibility index (Phi) is 4.40. The van der Waals surface area contributed by atoms with E-state index in [-0.39, 0.29) is 5.56 Å². The third-order valence-corrected chi connectivity index (χ3v) is 5.14. The molecule has 1 aromatic carbocycles. The Hall–Kier alpha value is -2.40. The van der Waals surface area contributed by atoms with Crippen molar-refractivity contribution in [3.05, 3.63) is 63.8 Å². The minimum absolute atomic E-state index is 0.0282. The predicted octanol–water partition coefficient (Wildman–Crippen LogP) is 3.01. The number of benzene rings is 1. The Labute approximate surface area is 147 Å². The number of piperidine rings is 1. The summed E-state index contributed by atoms with van der Waals surface area (Å²) in [5.74, 6) is 1.75. The number of hydrogen-bond donors (Lipinski definition) is 2. The van der Waals surface area contributed by atoms with Gasteiger partial charge in [-0.3, -0.25) is 9.69 Å². The average molecular weight is 336 g/mol. The largest absolute Gasteiger partial charge is 0.341 e. The number of likely N-dealkylation sites (tertiary alicyclic amines) is 1. The van der Waals surface area contributed by atoms with Gasteiger partial charge in [-0.25, -0.2) is 4.98 Å². The van der Waals surface area contributed by atoms with E-state index in [0.717, 1.165) is 42.9 Å². The molecule has 2 N–H and O–H groups in total. The first kappa shape index (κ1) is 16.1. The van der Waals surface area contributed by atoms with E-state index < -0.39 is 0 Å². The number of fused-ring (bicyclic) bond motifs is 1. The molecular weight excluding hydrogens is 312 g/mol. The molecule has 0 unspecified atom stereocenters. The van der Waals surface area contributed by atoms with Crippen molar-refractivity contribution in [2.24, 2.45) is 5.92 Å². The zero-order chi connectivity index (χ0) is 17.2. The maximum atomic E-state index is 11.1. The van der Waals surface area contributed by atoms with E-state index in [9.17, 15) is 4.79 Å². The number of nitrogens with one attached hydrogen (secondary N) is 2. The third kappa shape index (κ3) is 3.82. The lowest BCUT2D eigenvalue weighted by atomic mass is 9.91. The maximum absolute atomic E-state index is 11.1. The lowest BCUT2D eigenvalue weighted by Gasteiger charge is -2.31. The SMILES string of the molecule is Cc1ccc2nc(CN3CCC(Cc4ccc(=O)[nH]c4)CC3)[nH]c2c1. The van der Waals surface area contributed by atoms with Crippen LogP contribution in [0, 0.1) is 12.8 Å². The zero-order valence-electron chi connectivity index (χ0n) is 14.6. The van der Waals surface area contributed by atoms with E-state index in [1.807, 2.05) is 12.3 Å². The van der Waals surface area contributed by atoms with E-state index in [1.54, 1.807) is 6.07 Å². The summed E-state index contributed by atoms with van der Waals surface area (Å²) in [6, 6.07) is 9.91. The number of pyridine rings is 1. The number of aryl methyl sites for hydroxylation is 1. The minimum Gasteiger partial charge on any atom is -0.341 e. The lowest BCUT2D eigenvalue weighted by molar-refractivity contribution is 0.174. The van der Waals surface area contributed by atoms with Crippen LogP contribution in [0.5, 0.6) is 0 Å². The maximum Gasteiger partial charge on any atom is 0.247 e. The van der Waals surface area contributed by atoms with Gasteiger partial charge in [-0.05, 0) is 68.5 Å². The monoisotopic (exact) mass is 336 g/mol. The highest BCUT2D eigenvalue weighted by molar-refractivity contribution is 5.75. The first-order valence-corrected chi connectivity index (χ1v) is 9.01. The molecular formula is C20H24N4O. The Morgan fingerprint density at radius 3 is 2.80 bits per heavy atom. The normalized spacial score (nSPS) is 16.5. The molecule has 0 saturated carbocycles. The van der Waals surface area contributed by atoms with Gasteiger partial charge in [0.25, 0.3) is 0 Å². The van der Waals surface area contributed by atoms with Crippen molar-refractivity contribution >= 4 is 11.0 Å². The Bertz CT molecular complexity index is 898. The van der Waals surface area contributed by atoms with Crippen molar-refractivity contribution in [2.45, 2.75) is 32.7 Å². The van der Waals surface area contributed by atoms with Crippen LogP contribution in [0.4, 0.5) is 0 Å². The van der Waals surface area contributed by atoms with Gasteiger partial charge in [0, 0.05) is 12.3 Å². The van der Waals surface area contributed by atoms with Gasteiger partial charge < -0.3 is 9.97 Å². The van der Waals surface area contributed by atoms with Crippen LogP contribution in [0.3, 0.4) is 0 Å². The Morgan fingerprint density at radius 2 is 2.04 bits per heavy atom. The van der Waals surface area contributed by atoms with Gasteiger partial charge in [-0.1, -0.05) is 12.1 Å². The van der Waals surface area contributed by atoms with Crippen LogP contribution >= 0.6 is 0 Å². The minimum atomic E-state index is -0.0282. The summed E-state index contributed by atoms with van der Waals surface area (Å²) < 4.78 is 0. The summed E-state index contributed by atoms with van der Waals surface area (Å²) in [6.45, 7) is 5.19. The number of H-pyrrole nitrogens is 2. The number of aromatic nitrogens is 3. The van der Waals surface area contributed by atoms with Crippen molar-refractivity contribution in [1.82, 2.24) is 19.9 Å². The Balaban J connectivity index is 1.33. The van der Waals surface area contributed by atoms with Crippen molar-refractivity contribution < 1.29 is 0 Å². The number of imidazole rings is 1. The molecule has 4 rings (SSSR count). The van der Waals surface area contributed by atoms with Gasteiger partial charge in [0.15, 0.2) is 0 Å². The summed E-state index contributed by atoms with van der Waals surface area (Å²) in [7, 11) is 0. The van der Waals surface area contributed by atoms with Crippen molar-refractivity contribution in [3.8, 4) is 0 Å². The smallest absolute Gasteiger partial charge is 0.247 e. The molecule has 1 aliphatic heterocycles. The molecule has 0 aliphatic carbocycles. The molecule has 1 fully saturated rings. The average Bonchev–Trinajstić information content (AvgIpc) is 3.00. The van der Waals surface area contributed by atoms with Gasteiger partial charge in [-0.2, -0.15) is 0 Å². The topological polar surface area (TPSA) is 64.8 Å². The van der Waals surface area contributed by atoms with Crippen LogP contribution in [0.1, 0.15) is 29.8 Å². The first-order chi connectivity index (χ1) is 12.2. The van der Waals surface area contributed by atoms with E-state index in [2.05, 4.69) is 40.0 Å². The second-order valence-corrected chi connectivity index (χ2v) is 7.19. The predicted molar refractivity (Wildman–Crippen MR) is 99.6 cm³/mol. The van der Waals surface area contributed by atoms with Crippen LogP contribution in [0.2, 0.25) is 0 Å². The number of hydrogen-bond acceptors (Lipinski definition) is 3. The summed E-state index contributed by atoms with van der Waals surface area (Å²) in [5.41, 5.74) is 4.63. The fourth-order valence-corrected chi connectivity index (χ4v) is 3.71. The molecule has 25 heavy (non-hydrogen) atoms. The van der Waals surface area contributed by atoms with Crippen molar-refractivity contribution in [3.63, 3.8) is 0 Å². The van der Waals surface area contributed by atoms with Crippen LogP contribution in [-0.2, 0) is 13.0 Å². The molecule has 0 spiro atoms. The lowest BCUT2D eigenvalue weighted by Crippen LogP contribution is -2.34. The molecule has 0 bridgehead atoms. The first-order valence-electron chi connectivity index (χ1n) is 9.01. The van der Waals surface area contributed by atoms with Gasteiger partial charge in [-0.15, -0.1) is 0 Å². The molecule has 5 nitrogen and oxygen atoms in total. The van der Waals surface area contributed by atoms with E-state index in [0.29, 0.717) is 5.92 Å². The highest BCUT2D eigenvalue weighted by Crippen LogP contribution is 2.22. The van der Waals surface area contributed by atoms with E-state index in [1.165, 1.54) is 24.0 Å². The van der Waals surface area contributed by atoms with Crippen LogP contribution in [0.15, 0.2) is 41.3 Å². The van der Waals surface area contributed by atoms with Crippen LogP contribution < -0.4 is 5.56 Å². The summed E-state index contributed by atoms with van der Waals surface area (Å²) >= 11 is 0. The highest BCUT2D eigenvalue weighted by Gasteiger charge is 2.20. The number of nitrogens with zero attached hydrogens (tertiary/aromatic N) is 2. The van der Waals surface area contributed by atoms with Crippen LogP contribution in [-0.4, -0.2) is 32.9 Å². The Morgan fingerprint density at radius 1 is 1.20 bits per heavy atom. The molecule has 130 valence electrons. The standard InChI is InChI=1S/C20H24N4O/c1-14-2-4-17-18(10-14)23-19(22-17)13-24-8-6-15(7-9-24)11-16-3-5-20(25)21-12-16/h2-5,10,12,15H,6-9,11,13H2,1H3,(H,21,25)(H,22,23). The molecule has 1 saturated heterocycles. The van der Waals surface area contributed by atoms with Crippen molar-refractivity contribution in [2.75, 3.05) is 13.1 Å².